The van der Waals surface area contributed by atoms with Gasteiger partial charge in [-0.25, -0.2) is 0 Å². The van der Waals surface area contributed by atoms with Crippen molar-refractivity contribution >= 4 is 11.9 Å². The Morgan fingerprint density at radius 3 is 3.43 bits per heavy atom. The molecule has 0 amide bonds. The van der Waals surface area contributed by atoms with Crippen molar-refractivity contribution in [2.45, 2.75) is 12.8 Å². The number of rotatable bonds is 0. The molecule has 0 N–H and O–H groups in total. The van der Waals surface area contributed by atoms with Crippen molar-refractivity contribution in [3.8, 4) is 0 Å². The third-order valence-corrected chi connectivity index (χ3v) is 2.92. The van der Waals surface area contributed by atoms with E-state index in [0.717, 1.165) is 25.1 Å². The van der Waals surface area contributed by atoms with Crippen molar-refractivity contribution < 1.29 is 4.74 Å². The van der Waals surface area contributed by atoms with E-state index in [9.17, 15) is 0 Å². The molecule has 0 saturated heterocycles. The van der Waals surface area contributed by atoms with E-state index < -0.39 is 0 Å². The Morgan fingerprint density at radius 1 is 1.43 bits per heavy atom. The smallest absolute Gasteiger partial charge is 0.123 e. The highest BCUT2D eigenvalue weighted by atomic mass is 16.5. The lowest BCUT2D eigenvalue weighted by molar-refractivity contribution is 0.265. The first-order valence-corrected chi connectivity index (χ1v) is 5.03. The van der Waals surface area contributed by atoms with Crippen LogP contribution in [0.15, 0.2) is 33.6 Å². The molecule has 14 heavy (non-hydrogen) atoms. The second-order valence-electron chi connectivity index (χ2n) is 3.71. The van der Waals surface area contributed by atoms with Gasteiger partial charge in [-0.15, -0.1) is 0 Å². The van der Waals surface area contributed by atoms with Gasteiger partial charge in [-0.05, 0) is 12.5 Å². The van der Waals surface area contributed by atoms with Crippen molar-refractivity contribution in [1.29, 1.82) is 0 Å². The Labute approximate surface area is 82.9 Å². The highest BCUT2D eigenvalue weighted by molar-refractivity contribution is 5.94. The zero-order valence-corrected chi connectivity index (χ0v) is 7.94. The van der Waals surface area contributed by atoms with Gasteiger partial charge in [0.2, 0.25) is 0 Å². The monoisotopic (exact) mass is 188 g/mol. The summed E-state index contributed by atoms with van der Waals surface area (Å²) in [6.45, 7) is 1.55. The van der Waals surface area contributed by atoms with Gasteiger partial charge in [0.05, 0.1) is 0 Å². The molecule has 0 saturated carbocycles. The van der Waals surface area contributed by atoms with E-state index in [4.69, 9.17) is 4.74 Å². The number of hydrogen-bond acceptors (Lipinski definition) is 3. The molecule has 1 aliphatic carbocycles. The molecule has 0 bridgehead atoms. The predicted molar refractivity (Wildman–Crippen MR) is 55.6 cm³/mol. The highest BCUT2D eigenvalue weighted by Crippen LogP contribution is 2.34. The molecule has 2 aliphatic heterocycles. The molecule has 3 nitrogen and oxygen atoms in total. The van der Waals surface area contributed by atoms with Crippen LogP contribution in [0.5, 0.6) is 0 Å². The van der Waals surface area contributed by atoms with Gasteiger partial charge in [0.15, 0.2) is 0 Å². The van der Waals surface area contributed by atoms with Crippen LogP contribution in [0.4, 0.5) is 0 Å². The molecular formula is C11H12N2O. The molecule has 0 aromatic rings. The van der Waals surface area contributed by atoms with Crippen molar-refractivity contribution in [3.05, 3.63) is 23.6 Å². The van der Waals surface area contributed by atoms with E-state index in [1.54, 1.807) is 6.21 Å². The number of nitrogens with zero attached hydrogens (tertiary/aromatic N) is 2. The largest absolute Gasteiger partial charge is 0.488 e. The first kappa shape index (κ1) is 7.97. The quantitative estimate of drug-likeness (QED) is 0.570. The topological polar surface area (TPSA) is 34.0 Å². The van der Waals surface area contributed by atoms with Crippen LogP contribution in [0.2, 0.25) is 0 Å². The fourth-order valence-electron chi connectivity index (χ4n) is 2.24. The van der Waals surface area contributed by atoms with E-state index in [2.05, 4.69) is 16.1 Å². The molecule has 2 heterocycles. The van der Waals surface area contributed by atoms with Crippen LogP contribution in [-0.2, 0) is 4.74 Å². The van der Waals surface area contributed by atoms with Crippen LogP contribution in [0.1, 0.15) is 12.8 Å². The maximum atomic E-state index is 5.60. The molecule has 1 unspecified atom stereocenters. The van der Waals surface area contributed by atoms with E-state index in [1.165, 1.54) is 11.3 Å². The molecular weight excluding hydrogens is 176 g/mol. The number of hydrogen-bond donors (Lipinski definition) is 0. The van der Waals surface area contributed by atoms with Crippen LogP contribution in [0.25, 0.3) is 0 Å². The van der Waals surface area contributed by atoms with Crippen molar-refractivity contribution in [2.24, 2.45) is 15.9 Å². The number of ether oxygens (including phenoxy) is 1. The van der Waals surface area contributed by atoms with Crippen LogP contribution < -0.4 is 0 Å². The van der Waals surface area contributed by atoms with E-state index in [0.29, 0.717) is 12.5 Å². The number of allylic oxidation sites excluding steroid dienone is 2. The number of aliphatic imine (C=N–C) groups is 2. The van der Waals surface area contributed by atoms with Gasteiger partial charge >= 0.3 is 0 Å². The van der Waals surface area contributed by atoms with Gasteiger partial charge in [-0.3, -0.25) is 9.98 Å². The molecule has 0 aromatic heterocycles. The molecule has 3 aliphatic rings. The predicted octanol–water partition coefficient (Wildman–Crippen LogP) is 1.72. The standard InChI is InChI=1S/C11H12N2O/c1-2-11-9(7-12-5-6-14-11)8-3-4-13-10(1)8/h2,5,7-8H,1,3-4,6H2. The molecule has 1 atom stereocenters. The van der Waals surface area contributed by atoms with Crippen LogP contribution in [0, 0.1) is 5.92 Å². The highest BCUT2D eigenvalue weighted by Gasteiger charge is 2.30. The average molecular weight is 188 g/mol. The van der Waals surface area contributed by atoms with Crippen LogP contribution >= 0.6 is 0 Å². The van der Waals surface area contributed by atoms with Gasteiger partial charge in [0, 0.05) is 42.6 Å². The normalized spacial score (nSPS) is 29.1. The van der Waals surface area contributed by atoms with E-state index in [1.807, 2.05) is 6.20 Å². The SMILES string of the molecule is C1=NC=C2C(=CCC3=NCCC23)OC1. The molecule has 3 heteroatoms. The summed E-state index contributed by atoms with van der Waals surface area (Å²) in [5, 5.41) is 0. The minimum absolute atomic E-state index is 0.477. The first-order chi connectivity index (χ1) is 6.95. The van der Waals surface area contributed by atoms with Gasteiger partial charge in [0.1, 0.15) is 12.4 Å². The molecule has 0 radical (unpaired) electrons. The second kappa shape index (κ2) is 3.08. The lowest BCUT2D eigenvalue weighted by Gasteiger charge is -2.22. The number of fused-ring (bicyclic) bond motifs is 3. The molecule has 72 valence electrons. The lowest BCUT2D eigenvalue weighted by Crippen LogP contribution is -2.19. The maximum absolute atomic E-state index is 5.60. The van der Waals surface area contributed by atoms with Crippen LogP contribution in [-0.4, -0.2) is 25.1 Å². The maximum Gasteiger partial charge on any atom is 0.123 e. The van der Waals surface area contributed by atoms with Crippen molar-refractivity contribution in [2.75, 3.05) is 13.2 Å². The molecule has 0 aromatic carbocycles. The summed E-state index contributed by atoms with van der Waals surface area (Å²) < 4.78 is 5.60. The van der Waals surface area contributed by atoms with E-state index in [-0.39, 0.29) is 0 Å². The van der Waals surface area contributed by atoms with Crippen molar-refractivity contribution in [1.82, 2.24) is 0 Å². The Balaban J connectivity index is 2.03. The fourth-order valence-corrected chi connectivity index (χ4v) is 2.24. The molecule has 3 rings (SSSR count). The minimum Gasteiger partial charge on any atom is -0.488 e. The van der Waals surface area contributed by atoms with E-state index >= 15 is 0 Å². The Hall–Kier alpha value is -1.38. The van der Waals surface area contributed by atoms with Gasteiger partial charge in [-0.2, -0.15) is 0 Å². The lowest BCUT2D eigenvalue weighted by atomic mass is 9.86. The average Bonchev–Trinajstić information content (AvgIpc) is 2.55. The summed E-state index contributed by atoms with van der Waals surface area (Å²) in [5.74, 6) is 1.50. The summed E-state index contributed by atoms with van der Waals surface area (Å²) in [4.78, 5) is 8.71. The summed E-state index contributed by atoms with van der Waals surface area (Å²) in [6.07, 6.45) is 7.94. The summed E-state index contributed by atoms with van der Waals surface area (Å²) in [5.41, 5.74) is 2.53. The minimum atomic E-state index is 0.477. The first-order valence-electron chi connectivity index (χ1n) is 5.03. The second-order valence-corrected chi connectivity index (χ2v) is 3.71. The van der Waals surface area contributed by atoms with Gasteiger partial charge < -0.3 is 4.74 Å². The summed E-state index contributed by atoms with van der Waals surface area (Å²) >= 11 is 0. The fraction of sp³-hybridized carbons (Fsp3) is 0.455. The third kappa shape index (κ3) is 1.12. The summed E-state index contributed by atoms with van der Waals surface area (Å²) in [6, 6.07) is 0. The molecule has 0 spiro atoms. The summed E-state index contributed by atoms with van der Waals surface area (Å²) in [7, 11) is 0. The zero-order valence-electron chi connectivity index (χ0n) is 7.94. The van der Waals surface area contributed by atoms with Gasteiger partial charge in [0.25, 0.3) is 0 Å². The van der Waals surface area contributed by atoms with Crippen molar-refractivity contribution in [3.63, 3.8) is 0 Å². The zero-order chi connectivity index (χ0) is 9.38. The Bertz CT molecular complexity index is 377. The Morgan fingerprint density at radius 2 is 2.43 bits per heavy atom. The van der Waals surface area contributed by atoms with Gasteiger partial charge in [-0.1, -0.05) is 0 Å². The third-order valence-electron chi connectivity index (χ3n) is 2.92. The van der Waals surface area contributed by atoms with Crippen LogP contribution in [0.3, 0.4) is 0 Å². The molecule has 0 fully saturated rings. The Kier molecular flexibility index (Phi) is 1.76.